The Hall–Kier alpha value is -2.11. The van der Waals surface area contributed by atoms with Gasteiger partial charge in [-0.1, -0.05) is 61.3 Å². The first kappa shape index (κ1) is 23.2. The van der Waals surface area contributed by atoms with Crippen molar-refractivity contribution in [2.24, 2.45) is 5.92 Å². The molecule has 0 saturated carbocycles. The summed E-state index contributed by atoms with van der Waals surface area (Å²) in [5, 5.41) is 3.63. The second kappa shape index (κ2) is 10.6. The van der Waals surface area contributed by atoms with Crippen molar-refractivity contribution in [2.45, 2.75) is 39.8 Å². The first-order valence-corrected chi connectivity index (χ1v) is 10.2. The molecule has 2 aromatic rings. The Kier molecular flexibility index (Phi) is 8.47. The molecule has 1 atom stereocenters. The lowest BCUT2D eigenvalue weighted by Crippen LogP contribution is -2.48. The molecular formula is C22H25Cl2FN2O2. The minimum atomic E-state index is -0.777. The first-order chi connectivity index (χ1) is 13.7. The van der Waals surface area contributed by atoms with Gasteiger partial charge in [-0.25, -0.2) is 4.39 Å². The molecule has 4 nitrogen and oxygen atoms in total. The van der Waals surface area contributed by atoms with Gasteiger partial charge >= 0.3 is 0 Å². The molecule has 0 fully saturated rings. The molecule has 0 aliphatic rings. The summed E-state index contributed by atoms with van der Waals surface area (Å²) in [5.41, 5.74) is 0.809. The van der Waals surface area contributed by atoms with E-state index < -0.39 is 17.8 Å². The standard InChI is InChI=1S/C22H25Cl2FN2O2/c1-14(2)12-26-22(29)15(3)27(13-17-18(23)8-6-9-19(17)24)21(28)11-16-7-4-5-10-20(16)25/h4-10,14-15H,11-13H2,1-3H3,(H,26,29)/t15-/m1/s1. The number of nitrogens with zero attached hydrogens (tertiary/aromatic N) is 1. The zero-order valence-corrected chi connectivity index (χ0v) is 18.2. The molecule has 0 unspecified atom stereocenters. The van der Waals surface area contributed by atoms with Crippen molar-refractivity contribution in [3.05, 3.63) is 69.5 Å². The maximum atomic E-state index is 14.0. The Morgan fingerprint density at radius 2 is 1.66 bits per heavy atom. The largest absolute Gasteiger partial charge is 0.354 e. The summed E-state index contributed by atoms with van der Waals surface area (Å²) in [6.07, 6.45) is -0.170. The zero-order chi connectivity index (χ0) is 21.6. The summed E-state index contributed by atoms with van der Waals surface area (Å²) < 4.78 is 14.0. The molecular weight excluding hydrogens is 414 g/mol. The summed E-state index contributed by atoms with van der Waals surface area (Å²) in [6.45, 7) is 6.14. The van der Waals surface area contributed by atoms with Gasteiger partial charge in [0.1, 0.15) is 11.9 Å². The second-order valence-electron chi connectivity index (χ2n) is 7.31. The zero-order valence-electron chi connectivity index (χ0n) is 16.7. The lowest BCUT2D eigenvalue weighted by molar-refractivity contribution is -0.140. The van der Waals surface area contributed by atoms with Crippen LogP contribution in [0.5, 0.6) is 0 Å². The summed E-state index contributed by atoms with van der Waals surface area (Å²) >= 11 is 12.5. The van der Waals surface area contributed by atoms with Gasteiger partial charge in [0, 0.05) is 28.7 Å². The van der Waals surface area contributed by atoms with Crippen LogP contribution in [0.2, 0.25) is 10.0 Å². The number of carbonyl (C=O) groups excluding carboxylic acids is 2. The highest BCUT2D eigenvalue weighted by Crippen LogP contribution is 2.27. The van der Waals surface area contributed by atoms with E-state index in [1.807, 2.05) is 13.8 Å². The highest BCUT2D eigenvalue weighted by molar-refractivity contribution is 6.36. The molecule has 156 valence electrons. The summed E-state index contributed by atoms with van der Waals surface area (Å²) in [4.78, 5) is 27.1. The van der Waals surface area contributed by atoms with Crippen LogP contribution in [0.15, 0.2) is 42.5 Å². The van der Waals surface area contributed by atoms with E-state index in [1.165, 1.54) is 11.0 Å². The number of hydrogen-bond acceptors (Lipinski definition) is 2. The molecule has 2 aromatic carbocycles. The van der Waals surface area contributed by atoms with Crippen molar-refractivity contribution in [2.75, 3.05) is 6.54 Å². The van der Waals surface area contributed by atoms with E-state index >= 15 is 0 Å². The van der Waals surface area contributed by atoms with Gasteiger partial charge in [0.25, 0.3) is 0 Å². The minimum Gasteiger partial charge on any atom is -0.354 e. The average Bonchev–Trinajstić information content (AvgIpc) is 2.67. The van der Waals surface area contributed by atoms with Gasteiger partial charge in [-0.15, -0.1) is 0 Å². The molecule has 0 saturated heterocycles. The fraction of sp³-hybridized carbons (Fsp3) is 0.364. The third kappa shape index (κ3) is 6.44. The Bertz CT molecular complexity index is 853. The number of benzene rings is 2. The van der Waals surface area contributed by atoms with Crippen LogP contribution in [0, 0.1) is 11.7 Å². The Balaban J connectivity index is 2.30. The monoisotopic (exact) mass is 438 g/mol. The van der Waals surface area contributed by atoms with Crippen LogP contribution in [-0.4, -0.2) is 29.3 Å². The molecule has 0 spiro atoms. The van der Waals surface area contributed by atoms with Crippen LogP contribution in [-0.2, 0) is 22.6 Å². The van der Waals surface area contributed by atoms with Crippen LogP contribution < -0.4 is 5.32 Å². The summed E-state index contributed by atoms with van der Waals surface area (Å²) in [7, 11) is 0. The number of hydrogen-bond donors (Lipinski definition) is 1. The predicted octanol–water partition coefficient (Wildman–Crippen LogP) is 4.86. The van der Waals surface area contributed by atoms with Crippen molar-refractivity contribution >= 4 is 35.0 Å². The van der Waals surface area contributed by atoms with E-state index in [-0.39, 0.29) is 30.4 Å². The van der Waals surface area contributed by atoms with Crippen LogP contribution in [0.3, 0.4) is 0 Å². The Labute approximate surface area is 181 Å². The summed E-state index contributed by atoms with van der Waals surface area (Å²) in [6, 6.07) is 10.4. The second-order valence-corrected chi connectivity index (χ2v) is 8.12. The summed E-state index contributed by atoms with van der Waals surface area (Å²) in [5.74, 6) is -0.873. The molecule has 0 aliphatic carbocycles. The van der Waals surface area contributed by atoms with Crippen LogP contribution in [0.4, 0.5) is 4.39 Å². The smallest absolute Gasteiger partial charge is 0.242 e. The van der Waals surface area contributed by atoms with Crippen LogP contribution in [0.25, 0.3) is 0 Å². The van der Waals surface area contributed by atoms with Crippen molar-refractivity contribution in [3.63, 3.8) is 0 Å². The third-order valence-corrected chi connectivity index (χ3v) is 5.25. The third-order valence-electron chi connectivity index (χ3n) is 4.54. The van der Waals surface area contributed by atoms with Gasteiger partial charge < -0.3 is 10.2 Å². The van der Waals surface area contributed by atoms with E-state index in [2.05, 4.69) is 5.32 Å². The fourth-order valence-electron chi connectivity index (χ4n) is 2.80. The fourth-order valence-corrected chi connectivity index (χ4v) is 3.31. The molecule has 0 aliphatic heterocycles. The van der Waals surface area contributed by atoms with Gasteiger partial charge in [0.2, 0.25) is 11.8 Å². The maximum Gasteiger partial charge on any atom is 0.242 e. The molecule has 0 heterocycles. The Morgan fingerprint density at radius 1 is 1.03 bits per heavy atom. The van der Waals surface area contributed by atoms with Crippen LogP contribution >= 0.6 is 23.2 Å². The van der Waals surface area contributed by atoms with E-state index in [1.54, 1.807) is 43.3 Å². The molecule has 2 rings (SSSR count). The number of halogens is 3. The SMILES string of the molecule is CC(C)CNC(=O)[C@@H](C)N(Cc1c(Cl)cccc1Cl)C(=O)Cc1ccccc1F. The maximum absolute atomic E-state index is 14.0. The van der Waals surface area contributed by atoms with Gasteiger partial charge in [-0.3, -0.25) is 9.59 Å². The van der Waals surface area contributed by atoms with Crippen molar-refractivity contribution in [1.82, 2.24) is 10.2 Å². The molecule has 29 heavy (non-hydrogen) atoms. The lowest BCUT2D eigenvalue weighted by Gasteiger charge is -2.29. The lowest BCUT2D eigenvalue weighted by atomic mass is 10.1. The highest BCUT2D eigenvalue weighted by atomic mass is 35.5. The van der Waals surface area contributed by atoms with Crippen molar-refractivity contribution < 1.29 is 14.0 Å². The van der Waals surface area contributed by atoms with Crippen molar-refractivity contribution in [1.29, 1.82) is 0 Å². The number of nitrogens with one attached hydrogen (secondary N) is 1. The van der Waals surface area contributed by atoms with Gasteiger partial charge in [0.05, 0.1) is 6.42 Å². The molecule has 2 amide bonds. The number of rotatable bonds is 8. The molecule has 0 aromatic heterocycles. The molecule has 7 heteroatoms. The predicted molar refractivity (Wildman–Crippen MR) is 114 cm³/mol. The van der Waals surface area contributed by atoms with E-state index in [9.17, 15) is 14.0 Å². The van der Waals surface area contributed by atoms with Gasteiger partial charge in [0.15, 0.2) is 0 Å². The van der Waals surface area contributed by atoms with E-state index in [0.29, 0.717) is 22.2 Å². The Morgan fingerprint density at radius 3 is 2.24 bits per heavy atom. The molecule has 0 bridgehead atoms. The first-order valence-electron chi connectivity index (χ1n) is 9.44. The van der Waals surface area contributed by atoms with E-state index in [4.69, 9.17) is 23.2 Å². The molecule has 1 N–H and O–H groups in total. The topological polar surface area (TPSA) is 49.4 Å². The highest BCUT2D eigenvalue weighted by Gasteiger charge is 2.28. The van der Waals surface area contributed by atoms with E-state index in [0.717, 1.165) is 0 Å². The van der Waals surface area contributed by atoms with Gasteiger partial charge in [-0.2, -0.15) is 0 Å². The molecule has 0 radical (unpaired) electrons. The number of carbonyl (C=O) groups is 2. The van der Waals surface area contributed by atoms with Gasteiger partial charge in [-0.05, 0) is 36.6 Å². The average molecular weight is 439 g/mol. The quantitative estimate of drug-likeness (QED) is 0.639. The van der Waals surface area contributed by atoms with Crippen LogP contribution in [0.1, 0.15) is 31.9 Å². The number of amides is 2. The minimum absolute atomic E-state index is 0.0437. The van der Waals surface area contributed by atoms with Crippen molar-refractivity contribution in [3.8, 4) is 0 Å². The normalized spacial score (nSPS) is 12.0.